The van der Waals surface area contributed by atoms with Gasteiger partial charge >= 0.3 is 5.97 Å². The number of ether oxygens (including phenoxy) is 2. The molecule has 0 aliphatic heterocycles. The van der Waals surface area contributed by atoms with Gasteiger partial charge in [0, 0.05) is 7.11 Å². The zero-order valence-electron chi connectivity index (χ0n) is 9.87. The minimum atomic E-state index is -0.174. The van der Waals surface area contributed by atoms with E-state index >= 15 is 0 Å². The summed E-state index contributed by atoms with van der Waals surface area (Å²) in [6, 6.07) is 0. The fourth-order valence-electron chi connectivity index (χ4n) is 1.29. The second-order valence-electron chi connectivity index (χ2n) is 4.23. The molecule has 0 heterocycles. The predicted octanol–water partition coefficient (Wildman–Crippen LogP) is 2.39. The summed E-state index contributed by atoms with van der Waals surface area (Å²) in [4.78, 5) is 11.3. The smallest absolute Gasteiger partial charge is 0.308 e. The third kappa shape index (κ3) is 6.89. The molecule has 0 bridgehead atoms. The van der Waals surface area contributed by atoms with Crippen LogP contribution in [0.3, 0.4) is 0 Å². The van der Waals surface area contributed by atoms with Crippen LogP contribution in [0.15, 0.2) is 0 Å². The minimum absolute atomic E-state index is 0.0127. The standard InChI is InChI=1S/C11H22O3/c1-8(2)6-10(13-5)7-11(12)14-9(3)4/h8-10H,6-7H2,1-5H3/t10-/m0/s1. The van der Waals surface area contributed by atoms with E-state index in [1.54, 1.807) is 7.11 Å². The second-order valence-corrected chi connectivity index (χ2v) is 4.23. The van der Waals surface area contributed by atoms with Crippen molar-refractivity contribution in [1.82, 2.24) is 0 Å². The van der Waals surface area contributed by atoms with Gasteiger partial charge in [0.2, 0.25) is 0 Å². The van der Waals surface area contributed by atoms with Crippen molar-refractivity contribution in [1.29, 1.82) is 0 Å². The Bertz CT molecular complexity index is 164. The van der Waals surface area contributed by atoms with Gasteiger partial charge in [0.05, 0.1) is 18.6 Å². The molecule has 0 amide bonds. The summed E-state index contributed by atoms with van der Waals surface area (Å²) < 4.78 is 10.3. The van der Waals surface area contributed by atoms with Gasteiger partial charge in [0.25, 0.3) is 0 Å². The van der Waals surface area contributed by atoms with Crippen molar-refractivity contribution < 1.29 is 14.3 Å². The molecule has 0 aliphatic carbocycles. The molecule has 0 rings (SSSR count). The zero-order chi connectivity index (χ0) is 11.1. The highest BCUT2D eigenvalue weighted by Crippen LogP contribution is 2.12. The Morgan fingerprint density at radius 3 is 2.14 bits per heavy atom. The van der Waals surface area contributed by atoms with Crippen LogP contribution < -0.4 is 0 Å². The molecule has 14 heavy (non-hydrogen) atoms. The first-order valence-electron chi connectivity index (χ1n) is 5.18. The zero-order valence-corrected chi connectivity index (χ0v) is 9.87. The number of carbonyl (C=O) groups excluding carboxylic acids is 1. The maximum Gasteiger partial charge on any atom is 0.308 e. The van der Waals surface area contributed by atoms with E-state index in [0.29, 0.717) is 12.3 Å². The molecule has 0 spiro atoms. The van der Waals surface area contributed by atoms with Crippen LogP contribution in [0.25, 0.3) is 0 Å². The van der Waals surface area contributed by atoms with Gasteiger partial charge in [-0.15, -0.1) is 0 Å². The topological polar surface area (TPSA) is 35.5 Å². The van der Waals surface area contributed by atoms with E-state index in [4.69, 9.17) is 9.47 Å². The molecule has 0 fully saturated rings. The predicted molar refractivity (Wildman–Crippen MR) is 56.1 cm³/mol. The number of rotatable bonds is 6. The van der Waals surface area contributed by atoms with Crippen LogP contribution in [0.4, 0.5) is 0 Å². The first-order valence-corrected chi connectivity index (χ1v) is 5.18. The van der Waals surface area contributed by atoms with Crippen molar-refractivity contribution in [2.24, 2.45) is 5.92 Å². The Hall–Kier alpha value is -0.570. The van der Waals surface area contributed by atoms with Crippen LogP contribution in [0.2, 0.25) is 0 Å². The summed E-state index contributed by atoms with van der Waals surface area (Å²) in [5.41, 5.74) is 0. The van der Waals surface area contributed by atoms with Crippen LogP contribution >= 0.6 is 0 Å². The summed E-state index contributed by atoms with van der Waals surface area (Å²) >= 11 is 0. The van der Waals surface area contributed by atoms with Gasteiger partial charge in [-0.3, -0.25) is 4.79 Å². The molecule has 0 aromatic rings. The third-order valence-electron chi connectivity index (χ3n) is 1.83. The van der Waals surface area contributed by atoms with Gasteiger partial charge in [0.1, 0.15) is 0 Å². The van der Waals surface area contributed by atoms with E-state index in [1.807, 2.05) is 13.8 Å². The molecule has 0 aromatic heterocycles. The summed E-state index contributed by atoms with van der Waals surface area (Å²) in [6.45, 7) is 7.92. The van der Waals surface area contributed by atoms with E-state index in [2.05, 4.69) is 13.8 Å². The minimum Gasteiger partial charge on any atom is -0.463 e. The number of methoxy groups -OCH3 is 1. The highest BCUT2D eigenvalue weighted by molar-refractivity contribution is 5.70. The van der Waals surface area contributed by atoms with Gasteiger partial charge < -0.3 is 9.47 Å². The quantitative estimate of drug-likeness (QED) is 0.620. The van der Waals surface area contributed by atoms with Crippen molar-refractivity contribution in [3.8, 4) is 0 Å². The van der Waals surface area contributed by atoms with Crippen LogP contribution in [-0.4, -0.2) is 25.3 Å². The van der Waals surface area contributed by atoms with E-state index in [-0.39, 0.29) is 18.2 Å². The third-order valence-corrected chi connectivity index (χ3v) is 1.83. The maximum absolute atomic E-state index is 11.3. The molecule has 0 unspecified atom stereocenters. The van der Waals surface area contributed by atoms with Crippen LogP contribution in [0.5, 0.6) is 0 Å². The van der Waals surface area contributed by atoms with Gasteiger partial charge in [-0.25, -0.2) is 0 Å². The number of esters is 1. The number of carbonyl (C=O) groups is 1. The first kappa shape index (κ1) is 13.4. The molecule has 1 atom stereocenters. The van der Waals surface area contributed by atoms with E-state index in [1.165, 1.54) is 0 Å². The normalized spacial score (nSPS) is 13.4. The molecule has 0 radical (unpaired) electrons. The van der Waals surface area contributed by atoms with E-state index < -0.39 is 0 Å². The monoisotopic (exact) mass is 202 g/mol. The first-order chi connectivity index (χ1) is 6.45. The van der Waals surface area contributed by atoms with Gasteiger partial charge in [-0.05, 0) is 26.2 Å². The molecule has 0 aromatic carbocycles. The van der Waals surface area contributed by atoms with Gasteiger partial charge in [-0.2, -0.15) is 0 Å². The van der Waals surface area contributed by atoms with Crippen LogP contribution in [-0.2, 0) is 14.3 Å². The van der Waals surface area contributed by atoms with Crippen LogP contribution in [0.1, 0.15) is 40.5 Å². The Kier molecular flexibility index (Phi) is 6.54. The molecule has 0 saturated carbocycles. The summed E-state index contributed by atoms with van der Waals surface area (Å²) in [5, 5.41) is 0. The molecule has 3 heteroatoms. The average Bonchev–Trinajstić information content (AvgIpc) is 2.00. The van der Waals surface area contributed by atoms with Gasteiger partial charge in [0.15, 0.2) is 0 Å². The van der Waals surface area contributed by atoms with Crippen molar-refractivity contribution >= 4 is 5.97 Å². The lowest BCUT2D eigenvalue weighted by molar-refractivity contribution is -0.150. The molecule has 84 valence electrons. The fourth-order valence-corrected chi connectivity index (χ4v) is 1.29. The summed E-state index contributed by atoms with van der Waals surface area (Å²) in [7, 11) is 1.63. The molecular weight excluding hydrogens is 180 g/mol. The SMILES string of the molecule is CO[C@H](CC(=O)OC(C)C)CC(C)C. The Balaban J connectivity index is 3.86. The van der Waals surface area contributed by atoms with E-state index in [0.717, 1.165) is 6.42 Å². The second kappa shape index (κ2) is 6.82. The maximum atomic E-state index is 11.3. The van der Waals surface area contributed by atoms with Gasteiger partial charge in [-0.1, -0.05) is 13.8 Å². The highest BCUT2D eigenvalue weighted by Gasteiger charge is 2.16. The number of hydrogen-bond donors (Lipinski definition) is 0. The average molecular weight is 202 g/mol. The Morgan fingerprint density at radius 1 is 1.21 bits per heavy atom. The lowest BCUT2D eigenvalue weighted by Crippen LogP contribution is -2.21. The van der Waals surface area contributed by atoms with Crippen molar-refractivity contribution in [3.05, 3.63) is 0 Å². The largest absolute Gasteiger partial charge is 0.463 e. The fraction of sp³-hybridized carbons (Fsp3) is 0.909. The summed E-state index contributed by atoms with van der Waals surface area (Å²) in [6.07, 6.45) is 1.19. The molecule has 0 saturated heterocycles. The highest BCUT2D eigenvalue weighted by atomic mass is 16.5. The van der Waals surface area contributed by atoms with E-state index in [9.17, 15) is 4.79 Å². The lowest BCUT2D eigenvalue weighted by atomic mass is 10.0. The molecular formula is C11H22O3. The Labute approximate surface area is 86.8 Å². The number of hydrogen-bond acceptors (Lipinski definition) is 3. The summed E-state index contributed by atoms with van der Waals surface area (Å²) in [5.74, 6) is 0.360. The van der Waals surface area contributed by atoms with Crippen molar-refractivity contribution in [2.75, 3.05) is 7.11 Å². The molecule has 0 aliphatic rings. The lowest BCUT2D eigenvalue weighted by Gasteiger charge is -2.17. The Morgan fingerprint density at radius 2 is 1.79 bits per heavy atom. The molecule has 0 N–H and O–H groups in total. The van der Waals surface area contributed by atoms with Crippen LogP contribution in [0, 0.1) is 5.92 Å². The van der Waals surface area contributed by atoms with Crippen molar-refractivity contribution in [3.63, 3.8) is 0 Å². The van der Waals surface area contributed by atoms with Crippen molar-refractivity contribution in [2.45, 2.75) is 52.7 Å². The molecule has 3 nitrogen and oxygen atoms in total.